The zero-order valence-electron chi connectivity index (χ0n) is 19.4. The summed E-state index contributed by atoms with van der Waals surface area (Å²) in [7, 11) is -3.08. The van der Waals surface area contributed by atoms with E-state index in [1.54, 1.807) is 12.1 Å². The Balaban J connectivity index is -0.0000000851. The van der Waals surface area contributed by atoms with Crippen molar-refractivity contribution in [1.29, 1.82) is 0 Å². The third-order valence-electron chi connectivity index (χ3n) is 2.45. The van der Waals surface area contributed by atoms with Gasteiger partial charge in [-0.25, -0.2) is 8.42 Å². The fraction of sp³-hybridized carbons (Fsp3) is 0.727. The quantitative estimate of drug-likeness (QED) is 0.454. The Morgan fingerprint density at radius 2 is 1.00 bits per heavy atom. The molecule has 0 aliphatic carbocycles. The van der Waals surface area contributed by atoms with Gasteiger partial charge in [0.15, 0.2) is 9.84 Å². The minimum Gasteiger partial charge on any atom is -0.224 e. The van der Waals surface area contributed by atoms with Gasteiger partial charge < -0.3 is 0 Å². The van der Waals surface area contributed by atoms with E-state index in [9.17, 15) is 8.42 Å². The highest BCUT2D eigenvalue weighted by atomic mass is 35.5. The van der Waals surface area contributed by atoms with Crippen LogP contribution in [0.15, 0.2) is 29.2 Å². The molecule has 4 heteroatoms. The van der Waals surface area contributed by atoms with Crippen molar-refractivity contribution in [3.05, 3.63) is 29.3 Å². The van der Waals surface area contributed by atoms with Gasteiger partial charge in [-0.15, -0.1) is 0 Å². The third-order valence-corrected chi connectivity index (χ3v) is 3.83. The summed E-state index contributed by atoms with van der Waals surface area (Å²) in [5, 5.41) is 0.539. The Hall–Kier alpha value is -0.540. The van der Waals surface area contributed by atoms with Crippen LogP contribution < -0.4 is 0 Å². The summed E-state index contributed by atoms with van der Waals surface area (Å²) in [5.74, 6) is 0. The lowest BCUT2D eigenvalue weighted by Crippen LogP contribution is -1.95. The molecule has 0 atom stereocenters. The van der Waals surface area contributed by atoms with Gasteiger partial charge >= 0.3 is 0 Å². The molecule has 26 heavy (non-hydrogen) atoms. The van der Waals surface area contributed by atoms with Crippen LogP contribution in [0.5, 0.6) is 0 Å². The molecular formula is C22H47ClO2S. The molecule has 0 saturated heterocycles. The van der Waals surface area contributed by atoms with Crippen molar-refractivity contribution < 1.29 is 8.42 Å². The number of halogens is 1. The van der Waals surface area contributed by atoms with Crippen LogP contribution in [0.4, 0.5) is 0 Å². The molecule has 0 aromatic heterocycles. The molecule has 0 bridgehead atoms. The minimum absolute atomic E-state index is 0.293. The maximum absolute atomic E-state index is 10.9. The summed E-state index contributed by atoms with van der Waals surface area (Å²) in [6.45, 7) is 20.5. The van der Waals surface area contributed by atoms with Gasteiger partial charge in [0.05, 0.1) is 4.90 Å². The zero-order chi connectivity index (χ0) is 22.0. The second-order valence-electron chi connectivity index (χ2n) is 4.29. The lowest BCUT2D eigenvalue weighted by Gasteiger charge is -1.95. The van der Waals surface area contributed by atoms with E-state index >= 15 is 0 Å². The number of hydrogen-bond acceptors (Lipinski definition) is 2. The van der Waals surface area contributed by atoms with Gasteiger partial charge in [-0.1, -0.05) is 113 Å². The minimum atomic E-state index is -3.08. The molecule has 0 radical (unpaired) electrons. The van der Waals surface area contributed by atoms with Crippen LogP contribution in [0.1, 0.15) is 101 Å². The van der Waals surface area contributed by atoms with Gasteiger partial charge in [0.2, 0.25) is 0 Å². The predicted octanol–water partition coefficient (Wildman–Crippen LogP) is 8.83. The second-order valence-corrected chi connectivity index (χ2v) is 6.74. The van der Waals surface area contributed by atoms with E-state index in [1.807, 2.05) is 55.4 Å². The van der Waals surface area contributed by atoms with Gasteiger partial charge in [0.1, 0.15) is 0 Å². The highest BCUT2D eigenvalue weighted by Crippen LogP contribution is 2.13. The highest BCUT2D eigenvalue weighted by molar-refractivity contribution is 7.90. The van der Waals surface area contributed by atoms with E-state index in [-0.39, 0.29) is 0 Å². The summed E-state index contributed by atoms with van der Waals surface area (Å²) >= 11 is 5.57. The maximum atomic E-state index is 10.9. The lowest BCUT2D eigenvalue weighted by atomic mass is 10.2. The van der Waals surface area contributed by atoms with Gasteiger partial charge in [-0.3, -0.25) is 0 Å². The SMILES string of the molecule is CC.CC.CC.CC.CCCCCCC.CS(=O)(=O)c1ccc(Cl)cc1. The molecule has 1 rings (SSSR count). The van der Waals surface area contributed by atoms with Crippen molar-refractivity contribution in [3.63, 3.8) is 0 Å². The largest absolute Gasteiger partial charge is 0.224 e. The fourth-order valence-electron chi connectivity index (χ4n) is 1.36. The summed E-state index contributed by atoms with van der Waals surface area (Å²) in [4.78, 5) is 0.293. The predicted molar refractivity (Wildman–Crippen MR) is 124 cm³/mol. The van der Waals surface area contributed by atoms with Crippen LogP contribution in [0.3, 0.4) is 0 Å². The fourth-order valence-corrected chi connectivity index (χ4v) is 2.12. The average molecular weight is 411 g/mol. The normalized spacial score (nSPS) is 8.31. The van der Waals surface area contributed by atoms with E-state index < -0.39 is 9.84 Å². The molecule has 0 spiro atoms. The van der Waals surface area contributed by atoms with Crippen LogP contribution in [0.25, 0.3) is 0 Å². The lowest BCUT2D eigenvalue weighted by molar-refractivity contribution is 0.602. The number of rotatable bonds is 5. The van der Waals surface area contributed by atoms with Gasteiger partial charge in [0, 0.05) is 11.3 Å². The Labute approximate surface area is 171 Å². The Morgan fingerprint density at radius 3 is 1.23 bits per heavy atom. The van der Waals surface area contributed by atoms with E-state index in [0.717, 1.165) is 6.26 Å². The smallest absolute Gasteiger partial charge is 0.175 e. The summed E-state index contributed by atoms with van der Waals surface area (Å²) < 4.78 is 21.8. The van der Waals surface area contributed by atoms with Crippen molar-refractivity contribution in [2.75, 3.05) is 6.26 Å². The molecular weight excluding hydrogens is 364 g/mol. The molecule has 0 N–H and O–H groups in total. The maximum Gasteiger partial charge on any atom is 0.175 e. The molecule has 2 nitrogen and oxygen atoms in total. The van der Waals surface area contributed by atoms with Crippen molar-refractivity contribution in [2.45, 2.75) is 106 Å². The number of unbranched alkanes of at least 4 members (excludes halogenated alkanes) is 4. The monoisotopic (exact) mass is 410 g/mol. The van der Waals surface area contributed by atoms with Gasteiger partial charge in [-0.2, -0.15) is 0 Å². The first-order chi connectivity index (χ1) is 12.4. The van der Waals surface area contributed by atoms with Crippen LogP contribution in [0.2, 0.25) is 5.02 Å². The van der Waals surface area contributed by atoms with E-state index in [2.05, 4.69) is 13.8 Å². The molecule has 0 fully saturated rings. The molecule has 0 aliphatic heterocycles. The van der Waals surface area contributed by atoms with Crippen LogP contribution in [-0.4, -0.2) is 14.7 Å². The molecule has 1 aromatic rings. The van der Waals surface area contributed by atoms with Gasteiger partial charge in [0.25, 0.3) is 0 Å². The van der Waals surface area contributed by atoms with Crippen molar-refractivity contribution >= 4 is 21.4 Å². The molecule has 160 valence electrons. The zero-order valence-corrected chi connectivity index (χ0v) is 21.0. The first-order valence-electron chi connectivity index (χ1n) is 10.4. The van der Waals surface area contributed by atoms with E-state index in [0.29, 0.717) is 9.92 Å². The van der Waals surface area contributed by atoms with E-state index in [4.69, 9.17) is 11.6 Å². The number of benzene rings is 1. The van der Waals surface area contributed by atoms with Crippen LogP contribution in [-0.2, 0) is 9.84 Å². The first kappa shape index (κ1) is 36.4. The molecule has 0 heterocycles. The topological polar surface area (TPSA) is 34.1 Å². The number of sulfone groups is 1. The molecule has 0 saturated carbocycles. The molecule has 0 amide bonds. The first-order valence-corrected chi connectivity index (χ1v) is 12.6. The van der Waals surface area contributed by atoms with Crippen molar-refractivity contribution in [2.24, 2.45) is 0 Å². The van der Waals surface area contributed by atoms with Gasteiger partial charge in [-0.05, 0) is 24.3 Å². The molecule has 1 aromatic carbocycles. The van der Waals surface area contributed by atoms with Crippen molar-refractivity contribution in [1.82, 2.24) is 0 Å². The van der Waals surface area contributed by atoms with E-state index in [1.165, 1.54) is 44.2 Å². The number of hydrogen-bond donors (Lipinski definition) is 0. The molecule has 0 unspecified atom stereocenters. The second kappa shape index (κ2) is 32.2. The summed E-state index contributed by atoms with van der Waals surface area (Å²) in [6.07, 6.45) is 8.17. The Kier molecular flexibility index (Phi) is 45.0. The van der Waals surface area contributed by atoms with Crippen LogP contribution in [0, 0.1) is 0 Å². The Morgan fingerprint density at radius 1 is 0.692 bits per heavy atom. The standard InChI is InChI=1S/C7H7ClO2S.C7H16.4C2H6/c1-11(9,10)7-4-2-6(8)3-5-7;1-3-5-7-6-4-2;4*1-2/h2-5H,1H3;3-7H2,1-2H3;4*1-2H3. The molecule has 0 aliphatic rings. The average Bonchev–Trinajstić information content (AvgIpc) is 2.69. The third kappa shape index (κ3) is 31.3. The Bertz CT molecular complexity index is 408. The highest BCUT2D eigenvalue weighted by Gasteiger charge is 2.04. The summed E-state index contributed by atoms with van der Waals surface area (Å²) in [6, 6.07) is 6.07. The summed E-state index contributed by atoms with van der Waals surface area (Å²) in [5.41, 5.74) is 0. The van der Waals surface area contributed by atoms with Crippen LogP contribution >= 0.6 is 11.6 Å². The van der Waals surface area contributed by atoms with Crippen molar-refractivity contribution in [3.8, 4) is 0 Å².